The summed E-state index contributed by atoms with van der Waals surface area (Å²) in [6, 6.07) is 3.83. The van der Waals surface area contributed by atoms with Crippen molar-refractivity contribution in [1.29, 1.82) is 0 Å². The second kappa shape index (κ2) is 9.02. The molecule has 1 fully saturated rings. The Bertz CT molecular complexity index is 533. The normalized spacial score (nSPS) is 14.4. The number of furan rings is 1. The number of hydrogen-bond donors (Lipinski definition) is 3. The predicted molar refractivity (Wildman–Crippen MR) is 91.3 cm³/mol. The lowest BCUT2D eigenvalue weighted by Gasteiger charge is -2.13. The quantitative estimate of drug-likeness (QED) is 0.279. The maximum atomic E-state index is 11.6. The summed E-state index contributed by atoms with van der Waals surface area (Å²) in [5.74, 6) is 2.07. The van der Waals surface area contributed by atoms with E-state index in [-0.39, 0.29) is 11.8 Å². The number of carbonyl (C=O) groups excluding carboxylic acids is 1. The monoisotopic (exact) mass is 318 g/mol. The highest BCUT2D eigenvalue weighted by Crippen LogP contribution is 2.28. The highest BCUT2D eigenvalue weighted by Gasteiger charge is 2.28. The van der Waals surface area contributed by atoms with Crippen molar-refractivity contribution in [1.82, 2.24) is 16.0 Å². The molecule has 1 aromatic heterocycles. The molecule has 6 heteroatoms. The highest BCUT2D eigenvalue weighted by molar-refractivity contribution is 5.81. The summed E-state index contributed by atoms with van der Waals surface area (Å²) >= 11 is 0. The first-order valence-corrected chi connectivity index (χ1v) is 8.12. The zero-order valence-electron chi connectivity index (χ0n) is 13.7. The summed E-state index contributed by atoms with van der Waals surface area (Å²) in [6.45, 7) is 8.34. The van der Waals surface area contributed by atoms with Crippen LogP contribution in [0.5, 0.6) is 0 Å². The number of rotatable bonds is 9. The molecule has 0 atom stereocenters. The van der Waals surface area contributed by atoms with Gasteiger partial charge in [0.05, 0.1) is 12.8 Å². The molecule has 1 saturated carbocycles. The predicted octanol–water partition coefficient (Wildman–Crippen LogP) is 1.46. The Kier molecular flexibility index (Phi) is 6.72. The lowest BCUT2D eigenvalue weighted by molar-refractivity contribution is -0.122. The number of hydrogen-bond acceptors (Lipinski definition) is 3. The van der Waals surface area contributed by atoms with Gasteiger partial charge >= 0.3 is 0 Å². The van der Waals surface area contributed by atoms with Crippen LogP contribution in [0.2, 0.25) is 0 Å². The van der Waals surface area contributed by atoms with Gasteiger partial charge in [0.2, 0.25) is 5.91 Å². The molecule has 3 N–H and O–H groups in total. The van der Waals surface area contributed by atoms with Crippen molar-refractivity contribution >= 4 is 11.9 Å². The number of nitrogens with zero attached hydrogens (tertiary/aromatic N) is 1. The molecule has 1 heterocycles. The Balaban J connectivity index is 1.68. The van der Waals surface area contributed by atoms with E-state index in [0.717, 1.165) is 43.1 Å². The minimum atomic E-state index is 0.165. The van der Waals surface area contributed by atoms with E-state index >= 15 is 0 Å². The first-order chi connectivity index (χ1) is 11.1. The van der Waals surface area contributed by atoms with Crippen LogP contribution < -0.4 is 16.0 Å². The van der Waals surface area contributed by atoms with Crippen molar-refractivity contribution in [3.63, 3.8) is 0 Å². The third-order valence-corrected chi connectivity index (χ3v) is 3.42. The summed E-state index contributed by atoms with van der Waals surface area (Å²) < 4.78 is 5.30. The summed E-state index contributed by atoms with van der Waals surface area (Å²) in [7, 11) is 0. The number of carbonyl (C=O) groups is 1. The maximum absolute atomic E-state index is 11.6. The second-order valence-corrected chi connectivity index (χ2v) is 5.87. The summed E-state index contributed by atoms with van der Waals surface area (Å²) in [5, 5.41) is 9.41. The molecule has 0 saturated heterocycles. The Labute approximate surface area is 137 Å². The molecule has 2 rings (SSSR count). The van der Waals surface area contributed by atoms with Gasteiger partial charge in [-0.25, -0.2) is 4.99 Å². The van der Waals surface area contributed by atoms with E-state index in [1.807, 2.05) is 19.1 Å². The molecular formula is C17H26N4O2. The van der Waals surface area contributed by atoms with Crippen LogP contribution in [0.15, 0.2) is 40.0 Å². The first-order valence-electron chi connectivity index (χ1n) is 8.12. The van der Waals surface area contributed by atoms with Crippen molar-refractivity contribution in [2.24, 2.45) is 10.9 Å². The zero-order valence-corrected chi connectivity index (χ0v) is 13.7. The van der Waals surface area contributed by atoms with E-state index in [0.29, 0.717) is 19.6 Å². The molecule has 6 nitrogen and oxygen atoms in total. The van der Waals surface area contributed by atoms with Crippen LogP contribution in [0, 0.1) is 5.92 Å². The van der Waals surface area contributed by atoms with Gasteiger partial charge in [0, 0.05) is 32.0 Å². The minimum absolute atomic E-state index is 0.165. The van der Waals surface area contributed by atoms with E-state index in [1.54, 1.807) is 6.26 Å². The van der Waals surface area contributed by atoms with Crippen LogP contribution >= 0.6 is 0 Å². The third-order valence-electron chi connectivity index (χ3n) is 3.42. The molecular weight excluding hydrogens is 292 g/mol. The first kappa shape index (κ1) is 17.1. The van der Waals surface area contributed by atoms with Gasteiger partial charge in [-0.15, -0.1) is 0 Å². The fraction of sp³-hybridized carbons (Fsp3) is 0.529. The molecule has 0 radical (unpaired) electrons. The van der Waals surface area contributed by atoms with Crippen LogP contribution in [0.25, 0.3) is 0 Å². The summed E-state index contributed by atoms with van der Waals surface area (Å²) in [4.78, 5) is 16.0. The molecule has 1 aliphatic carbocycles. The van der Waals surface area contributed by atoms with Gasteiger partial charge in [0.1, 0.15) is 5.76 Å². The molecule has 1 aromatic rings. The van der Waals surface area contributed by atoms with Gasteiger partial charge in [-0.3, -0.25) is 4.79 Å². The number of guanidine groups is 1. The average Bonchev–Trinajstić information content (AvgIpc) is 3.25. The van der Waals surface area contributed by atoms with Gasteiger partial charge < -0.3 is 20.4 Å². The van der Waals surface area contributed by atoms with Crippen LogP contribution in [-0.2, 0) is 11.2 Å². The Morgan fingerprint density at radius 2 is 2.04 bits per heavy atom. The largest absolute Gasteiger partial charge is 0.469 e. The molecule has 0 spiro atoms. The molecule has 0 aromatic carbocycles. The third kappa shape index (κ3) is 7.04. The fourth-order valence-corrected chi connectivity index (χ4v) is 2.00. The highest BCUT2D eigenvalue weighted by atomic mass is 16.3. The summed E-state index contributed by atoms with van der Waals surface area (Å²) in [5.41, 5.74) is 0.999. The number of amides is 1. The number of nitrogens with one attached hydrogen (secondary N) is 3. The zero-order chi connectivity index (χ0) is 16.5. The fourth-order valence-electron chi connectivity index (χ4n) is 2.00. The van der Waals surface area contributed by atoms with Crippen LogP contribution in [0.1, 0.15) is 25.5 Å². The Morgan fingerprint density at radius 1 is 1.30 bits per heavy atom. The second-order valence-electron chi connectivity index (χ2n) is 5.87. The van der Waals surface area contributed by atoms with E-state index in [1.165, 1.54) is 0 Å². The molecule has 126 valence electrons. The van der Waals surface area contributed by atoms with Crippen LogP contribution in [0.4, 0.5) is 0 Å². The smallest absolute Gasteiger partial charge is 0.223 e. The lowest BCUT2D eigenvalue weighted by Crippen LogP contribution is -2.42. The molecule has 23 heavy (non-hydrogen) atoms. The van der Waals surface area contributed by atoms with Gasteiger partial charge in [-0.2, -0.15) is 0 Å². The van der Waals surface area contributed by atoms with Gasteiger partial charge in [0.25, 0.3) is 0 Å². The van der Waals surface area contributed by atoms with Crippen molar-refractivity contribution in [2.45, 2.75) is 26.2 Å². The Hall–Kier alpha value is -2.24. The van der Waals surface area contributed by atoms with E-state index in [9.17, 15) is 4.79 Å². The standard InChI is InChI=1S/C17H26N4O2/c1-13(2)12-21-17(19-8-7-15-4-3-11-23-15)20-10-9-18-16(22)14-5-6-14/h3-4,11,14H,1,5-10,12H2,2H3,(H,18,22)(H2,19,20,21). The van der Waals surface area contributed by atoms with Crippen molar-refractivity contribution < 1.29 is 9.21 Å². The van der Waals surface area contributed by atoms with E-state index in [2.05, 4.69) is 27.5 Å². The molecule has 0 aliphatic heterocycles. The van der Waals surface area contributed by atoms with Gasteiger partial charge in [-0.1, -0.05) is 12.2 Å². The van der Waals surface area contributed by atoms with Gasteiger partial charge in [-0.05, 0) is 31.9 Å². The Morgan fingerprint density at radius 3 is 2.70 bits per heavy atom. The minimum Gasteiger partial charge on any atom is -0.469 e. The topological polar surface area (TPSA) is 78.7 Å². The lowest BCUT2D eigenvalue weighted by atomic mass is 10.3. The van der Waals surface area contributed by atoms with Crippen molar-refractivity contribution in [3.8, 4) is 0 Å². The molecule has 0 bridgehead atoms. The molecule has 0 unspecified atom stereocenters. The maximum Gasteiger partial charge on any atom is 0.223 e. The van der Waals surface area contributed by atoms with Crippen LogP contribution in [0.3, 0.4) is 0 Å². The van der Waals surface area contributed by atoms with Gasteiger partial charge in [0.15, 0.2) is 5.96 Å². The van der Waals surface area contributed by atoms with Crippen molar-refractivity contribution in [3.05, 3.63) is 36.3 Å². The van der Waals surface area contributed by atoms with Crippen LogP contribution in [-0.4, -0.2) is 38.0 Å². The van der Waals surface area contributed by atoms with E-state index in [4.69, 9.17) is 4.42 Å². The van der Waals surface area contributed by atoms with Crippen molar-refractivity contribution in [2.75, 3.05) is 26.2 Å². The summed E-state index contributed by atoms with van der Waals surface area (Å²) in [6.07, 6.45) is 4.52. The molecule has 1 amide bonds. The SMILES string of the molecule is C=C(C)CN=C(NCCNC(=O)C1CC1)NCCc1ccco1. The van der Waals surface area contributed by atoms with E-state index < -0.39 is 0 Å². The number of aliphatic imine (C=N–C) groups is 1. The average molecular weight is 318 g/mol. The molecule has 1 aliphatic rings.